The van der Waals surface area contributed by atoms with Gasteiger partial charge >= 0.3 is 0 Å². The van der Waals surface area contributed by atoms with Crippen molar-refractivity contribution in [2.45, 2.75) is 57.4 Å². The van der Waals surface area contributed by atoms with E-state index in [1.54, 1.807) is 26.9 Å². The van der Waals surface area contributed by atoms with Crippen molar-refractivity contribution >= 4 is 23.4 Å². The molecule has 4 aliphatic heterocycles. The molecular weight excluding hydrogens is 588 g/mol. The Bertz CT molecular complexity index is 1270. The Morgan fingerprint density at radius 3 is 2.43 bits per heavy atom. The van der Waals surface area contributed by atoms with E-state index in [1.165, 1.54) is 0 Å². The molecule has 3 amide bonds. The number of carbonyl (C=O) groups is 3. The number of aliphatic hydroxyl groups is 1. The lowest BCUT2D eigenvalue weighted by Crippen LogP contribution is -2.60. The highest BCUT2D eigenvalue weighted by Gasteiger charge is 2.75. The number of amides is 3. The third-order valence-electron chi connectivity index (χ3n) is 10.1. The molecule has 0 radical (unpaired) electrons. The van der Waals surface area contributed by atoms with Crippen LogP contribution in [0.2, 0.25) is 0 Å². The molecule has 252 valence electrons. The molecule has 4 aliphatic rings. The maximum absolute atomic E-state index is 14.7. The first-order chi connectivity index (χ1) is 22.2. The van der Waals surface area contributed by atoms with Crippen molar-refractivity contribution in [3.63, 3.8) is 0 Å². The van der Waals surface area contributed by atoms with E-state index < -0.39 is 35.6 Å². The molecule has 11 nitrogen and oxygen atoms in total. The highest BCUT2D eigenvalue weighted by atomic mass is 16.5. The molecule has 1 aromatic carbocycles. The van der Waals surface area contributed by atoms with E-state index in [4.69, 9.17) is 14.2 Å². The number of anilines is 1. The maximum Gasteiger partial charge on any atom is 0.248 e. The minimum absolute atomic E-state index is 0.131. The lowest BCUT2D eigenvalue weighted by atomic mass is 9.70. The van der Waals surface area contributed by atoms with Crippen LogP contribution in [0.25, 0.3) is 0 Å². The van der Waals surface area contributed by atoms with Crippen LogP contribution in [-0.2, 0) is 23.9 Å². The molecular formula is C35H50N4O7. The van der Waals surface area contributed by atoms with Crippen LogP contribution >= 0.6 is 0 Å². The Morgan fingerprint density at radius 2 is 1.83 bits per heavy atom. The maximum atomic E-state index is 14.7. The molecule has 5 rings (SSSR count). The summed E-state index contributed by atoms with van der Waals surface area (Å²) in [5.74, 6) is -1.82. The van der Waals surface area contributed by atoms with Gasteiger partial charge in [-0.15, -0.1) is 13.2 Å². The van der Waals surface area contributed by atoms with E-state index in [2.05, 4.69) is 18.1 Å². The van der Waals surface area contributed by atoms with Gasteiger partial charge in [-0.1, -0.05) is 26.0 Å². The number of fused-ring (bicyclic) bond motifs is 1. The molecule has 0 aliphatic carbocycles. The third kappa shape index (κ3) is 6.22. The zero-order valence-corrected chi connectivity index (χ0v) is 27.5. The molecule has 2 unspecified atom stereocenters. The van der Waals surface area contributed by atoms with Gasteiger partial charge in [0.2, 0.25) is 17.7 Å². The highest BCUT2D eigenvalue weighted by molar-refractivity contribution is 6.03. The standard InChI is InChI=1S/C35H50N4O7/c1-6-15-37(18-17-36-19-21-44-22-20-36)34(43)31-35-14-13-28(46-35)29(30(35)33(42)39(31)27(23-40)24(4)5)32(41)38(16-7-2)25-9-11-26(12-10-25)45-8-3/h6-7,9-12,24,27-31,40H,1-2,8,13-23H2,3-5H3/t27-,28-,29+,30-,31?,35?/m0/s1. The van der Waals surface area contributed by atoms with Crippen molar-refractivity contribution in [1.82, 2.24) is 14.7 Å². The topological polar surface area (TPSA) is 112 Å². The summed E-state index contributed by atoms with van der Waals surface area (Å²) in [7, 11) is 0. The molecule has 1 spiro atoms. The first-order valence-corrected chi connectivity index (χ1v) is 16.7. The van der Waals surface area contributed by atoms with E-state index in [9.17, 15) is 19.5 Å². The fourth-order valence-corrected chi connectivity index (χ4v) is 7.86. The zero-order valence-electron chi connectivity index (χ0n) is 27.5. The van der Waals surface area contributed by atoms with Crippen LogP contribution in [0.5, 0.6) is 5.75 Å². The predicted octanol–water partition coefficient (Wildman–Crippen LogP) is 2.34. The fourth-order valence-electron chi connectivity index (χ4n) is 7.86. The van der Waals surface area contributed by atoms with Crippen LogP contribution < -0.4 is 9.64 Å². The van der Waals surface area contributed by atoms with E-state index >= 15 is 0 Å². The summed E-state index contributed by atoms with van der Waals surface area (Å²) >= 11 is 0. The Labute approximate surface area is 272 Å². The summed E-state index contributed by atoms with van der Waals surface area (Å²) in [4.78, 5) is 51.1. The van der Waals surface area contributed by atoms with Crippen molar-refractivity contribution in [3.8, 4) is 5.75 Å². The lowest BCUT2D eigenvalue weighted by Gasteiger charge is -2.40. The lowest BCUT2D eigenvalue weighted by molar-refractivity contribution is -0.152. The number of carbonyl (C=O) groups excluding carboxylic acids is 3. The van der Waals surface area contributed by atoms with Crippen molar-refractivity contribution in [3.05, 3.63) is 49.6 Å². The minimum atomic E-state index is -1.17. The molecule has 4 fully saturated rings. The second kappa shape index (κ2) is 14.7. The molecule has 46 heavy (non-hydrogen) atoms. The average molecular weight is 639 g/mol. The van der Waals surface area contributed by atoms with Gasteiger partial charge in [-0.2, -0.15) is 0 Å². The molecule has 4 saturated heterocycles. The smallest absolute Gasteiger partial charge is 0.248 e. The normalized spacial score (nSPS) is 27.8. The molecule has 1 N–H and O–H groups in total. The molecule has 2 bridgehead atoms. The zero-order chi connectivity index (χ0) is 33.0. The summed E-state index contributed by atoms with van der Waals surface area (Å²) < 4.78 is 17.8. The SMILES string of the molecule is C=CCN(CCN1CCOCC1)C(=O)C1N([C@@H](CO)C(C)C)C(=O)[C@@H]2[C@H](C(=O)N(CC=C)c3ccc(OCC)cc3)[C@@H]3CCC12O3. The van der Waals surface area contributed by atoms with Crippen LogP contribution in [-0.4, -0.2) is 127 Å². The van der Waals surface area contributed by atoms with Gasteiger partial charge < -0.3 is 34.0 Å². The summed E-state index contributed by atoms with van der Waals surface area (Å²) in [6, 6.07) is 5.71. The highest BCUT2D eigenvalue weighted by Crippen LogP contribution is 2.59. The average Bonchev–Trinajstić information content (AvgIpc) is 3.70. The molecule has 1 aromatic rings. The largest absolute Gasteiger partial charge is 0.494 e. The first kappa shape index (κ1) is 34.1. The van der Waals surface area contributed by atoms with Gasteiger partial charge in [0.25, 0.3) is 0 Å². The monoisotopic (exact) mass is 638 g/mol. The molecule has 4 heterocycles. The van der Waals surface area contributed by atoms with E-state index in [-0.39, 0.29) is 36.8 Å². The fraction of sp³-hybridized carbons (Fsp3) is 0.629. The minimum Gasteiger partial charge on any atom is -0.494 e. The first-order valence-electron chi connectivity index (χ1n) is 16.7. The number of aliphatic hydroxyl groups excluding tert-OH is 1. The van der Waals surface area contributed by atoms with Gasteiger partial charge in [-0.05, 0) is 49.9 Å². The number of hydrogen-bond acceptors (Lipinski definition) is 8. The summed E-state index contributed by atoms with van der Waals surface area (Å²) in [6.45, 7) is 18.3. The molecule has 0 aromatic heterocycles. The van der Waals surface area contributed by atoms with Gasteiger partial charge in [0, 0.05) is 45.0 Å². The summed E-state index contributed by atoms with van der Waals surface area (Å²) in [5.41, 5.74) is -0.505. The Morgan fingerprint density at radius 1 is 1.13 bits per heavy atom. The molecule has 6 atom stereocenters. The van der Waals surface area contributed by atoms with Crippen LogP contribution in [0.1, 0.15) is 33.6 Å². The Hall–Kier alpha value is -3.25. The van der Waals surface area contributed by atoms with E-state index in [1.807, 2.05) is 45.0 Å². The van der Waals surface area contributed by atoms with Gasteiger partial charge in [0.15, 0.2) is 0 Å². The predicted molar refractivity (Wildman–Crippen MR) is 174 cm³/mol. The number of rotatable bonds is 15. The van der Waals surface area contributed by atoms with Crippen LogP contribution in [0.15, 0.2) is 49.6 Å². The second-order valence-corrected chi connectivity index (χ2v) is 13.0. The second-order valence-electron chi connectivity index (χ2n) is 13.0. The van der Waals surface area contributed by atoms with Crippen molar-refractivity contribution in [2.24, 2.45) is 17.8 Å². The van der Waals surface area contributed by atoms with Gasteiger partial charge in [0.05, 0.1) is 50.4 Å². The van der Waals surface area contributed by atoms with E-state index in [0.717, 1.165) is 13.1 Å². The third-order valence-corrected chi connectivity index (χ3v) is 10.1. The van der Waals surface area contributed by atoms with Crippen LogP contribution in [0, 0.1) is 17.8 Å². The van der Waals surface area contributed by atoms with Crippen molar-refractivity contribution in [1.29, 1.82) is 0 Å². The van der Waals surface area contributed by atoms with E-state index in [0.29, 0.717) is 63.7 Å². The summed E-state index contributed by atoms with van der Waals surface area (Å²) in [6.07, 6.45) is 3.90. The van der Waals surface area contributed by atoms with Crippen molar-refractivity contribution < 1.29 is 33.7 Å². The number of ether oxygens (including phenoxy) is 3. The molecule has 11 heteroatoms. The number of nitrogens with zero attached hydrogens (tertiary/aromatic N) is 4. The quantitative estimate of drug-likeness (QED) is 0.292. The molecule has 0 saturated carbocycles. The van der Waals surface area contributed by atoms with Gasteiger partial charge in [-0.25, -0.2) is 0 Å². The number of likely N-dealkylation sites (tertiary alicyclic amines) is 1. The number of morpholine rings is 1. The number of hydrogen-bond donors (Lipinski definition) is 1. The Kier molecular flexibility index (Phi) is 10.9. The number of benzene rings is 1. The summed E-state index contributed by atoms with van der Waals surface area (Å²) in [5, 5.41) is 10.6. The van der Waals surface area contributed by atoms with Gasteiger partial charge in [0.1, 0.15) is 17.4 Å². The Balaban J connectivity index is 1.49. The van der Waals surface area contributed by atoms with Crippen LogP contribution in [0.4, 0.5) is 5.69 Å². The van der Waals surface area contributed by atoms with Crippen molar-refractivity contribution in [2.75, 3.05) is 70.6 Å². The van der Waals surface area contributed by atoms with Gasteiger partial charge in [-0.3, -0.25) is 19.3 Å². The van der Waals surface area contributed by atoms with Crippen LogP contribution in [0.3, 0.4) is 0 Å².